The van der Waals surface area contributed by atoms with Gasteiger partial charge in [-0.2, -0.15) is 0 Å². The fraction of sp³-hybridized carbons (Fsp3) is 0.833. The largest absolute Gasteiger partial charge is 0.382 e. The van der Waals surface area contributed by atoms with Crippen molar-refractivity contribution < 1.29 is 4.74 Å². The van der Waals surface area contributed by atoms with Crippen LogP contribution in [0, 0.1) is 12.3 Å². The Kier molecular flexibility index (Phi) is 10.2. The van der Waals surface area contributed by atoms with E-state index in [1.807, 2.05) is 6.92 Å². The van der Waals surface area contributed by atoms with Gasteiger partial charge in [0.15, 0.2) is 0 Å². The van der Waals surface area contributed by atoms with Crippen LogP contribution in [0.3, 0.4) is 0 Å². The Labute approximate surface area is 88.4 Å². The Morgan fingerprint density at radius 3 is 2.71 bits per heavy atom. The quantitative estimate of drug-likeness (QED) is 0.452. The molecule has 14 heavy (non-hydrogen) atoms. The maximum atomic E-state index is 5.34. The minimum absolute atomic E-state index is 0.569. The molecule has 0 aliphatic carbocycles. The maximum absolute atomic E-state index is 5.34. The van der Waals surface area contributed by atoms with Crippen molar-refractivity contribution in [2.75, 3.05) is 19.8 Å². The second-order valence-corrected chi connectivity index (χ2v) is 3.34. The summed E-state index contributed by atoms with van der Waals surface area (Å²) in [6.45, 7) is 6.84. The van der Waals surface area contributed by atoms with Crippen molar-refractivity contribution in [2.45, 2.75) is 45.6 Å². The van der Waals surface area contributed by atoms with Crippen LogP contribution in [0.15, 0.2) is 0 Å². The first-order valence-electron chi connectivity index (χ1n) is 5.59. The summed E-state index contributed by atoms with van der Waals surface area (Å²) in [5.41, 5.74) is 0. The van der Waals surface area contributed by atoms with E-state index in [9.17, 15) is 0 Å². The van der Waals surface area contributed by atoms with Crippen LogP contribution in [0.4, 0.5) is 0 Å². The van der Waals surface area contributed by atoms with E-state index >= 15 is 0 Å². The summed E-state index contributed by atoms with van der Waals surface area (Å²) in [6, 6.07) is 0.569. The van der Waals surface area contributed by atoms with Crippen molar-refractivity contribution in [1.82, 2.24) is 5.32 Å². The van der Waals surface area contributed by atoms with Crippen molar-refractivity contribution in [2.24, 2.45) is 0 Å². The molecule has 1 unspecified atom stereocenters. The van der Waals surface area contributed by atoms with Crippen molar-refractivity contribution in [1.29, 1.82) is 0 Å². The minimum Gasteiger partial charge on any atom is -0.382 e. The lowest BCUT2D eigenvalue weighted by molar-refractivity contribution is 0.135. The molecule has 0 saturated heterocycles. The predicted octanol–water partition coefficient (Wildman–Crippen LogP) is 2.19. The molecule has 0 aromatic heterocycles. The van der Waals surface area contributed by atoms with Crippen LogP contribution < -0.4 is 5.32 Å². The number of unbranched alkanes of at least 4 members (excludes halogenated alkanes) is 1. The van der Waals surface area contributed by atoms with Gasteiger partial charge in [-0.1, -0.05) is 6.92 Å². The van der Waals surface area contributed by atoms with Crippen LogP contribution in [-0.4, -0.2) is 25.8 Å². The monoisotopic (exact) mass is 197 g/mol. The van der Waals surface area contributed by atoms with Gasteiger partial charge < -0.3 is 10.1 Å². The highest BCUT2D eigenvalue weighted by molar-refractivity contribution is 4.83. The highest BCUT2D eigenvalue weighted by Crippen LogP contribution is 2.04. The molecule has 0 aromatic rings. The molecule has 0 rings (SSSR count). The van der Waals surface area contributed by atoms with Crippen molar-refractivity contribution in [3.8, 4) is 12.3 Å². The molecule has 82 valence electrons. The first kappa shape index (κ1) is 13.5. The molecule has 0 bridgehead atoms. The molecule has 0 aliphatic heterocycles. The normalized spacial score (nSPS) is 12.4. The fourth-order valence-electron chi connectivity index (χ4n) is 1.46. The molecule has 2 heteroatoms. The molecule has 2 nitrogen and oxygen atoms in total. The molecule has 0 aliphatic rings. The lowest BCUT2D eigenvalue weighted by atomic mass is 10.1. The van der Waals surface area contributed by atoms with Gasteiger partial charge in [-0.05, 0) is 32.7 Å². The summed E-state index contributed by atoms with van der Waals surface area (Å²) in [4.78, 5) is 0. The minimum atomic E-state index is 0.569. The first-order valence-corrected chi connectivity index (χ1v) is 5.59. The van der Waals surface area contributed by atoms with Gasteiger partial charge in [0.25, 0.3) is 0 Å². The van der Waals surface area contributed by atoms with Gasteiger partial charge in [-0.15, -0.1) is 12.3 Å². The second kappa shape index (κ2) is 10.6. The molecule has 0 radical (unpaired) electrons. The van der Waals surface area contributed by atoms with Gasteiger partial charge >= 0.3 is 0 Å². The van der Waals surface area contributed by atoms with Gasteiger partial charge in [0.1, 0.15) is 0 Å². The Hall–Kier alpha value is -0.520. The van der Waals surface area contributed by atoms with Gasteiger partial charge in [0.2, 0.25) is 0 Å². The highest BCUT2D eigenvalue weighted by Gasteiger charge is 2.05. The molecule has 1 atom stereocenters. The molecule has 0 saturated carbocycles. The van der Waals surface area contributed by atoms with Crippen molar-refractivity contribution in [3.05, 3.63) is 0 Å². The second-order valence-electron chi connectivity index (χ2n) is 3.34. The Morgan fingerprint density at radius 2 is 2.14 bits per heavy atom. The zero-order valence-electron chi connectivity index (χ0n) is 9.51. The Balaban J connectivity index is 3.50. The molecule has 1 N–H and O–H groups in total. The third-order valence-corrected chi connectivity index (χ3v) is 2.18. The number of hydrogen-bond acceptors (Lipinski definition) is 2. The van der Waals surface area contributed by atoms with E-state index < -0.39 is 0 Å². The standard InChI is InChI=1S/C12H23NO/c1-4-7-8-9-12(13-5-2)10-11-14-6-3/h1,12-13H,5-11H2,2-3H3. The van der Waals surface area contributed by atoms with Crippen LogP contribution in [0.2, 0.25) is 0 Å². The SMILES string of the molecule is C#CCCCC(CCOCC)NCC. The van der Waals surface area contributed by atoms with Crippen LogP contribution in [0.1, 0.15) is 39.5 Å². The van der Waals surface area contributed by atoms with Gasteiger partial charge in [0.05, 0.1) is 0 Å². The number of terminal acetylenes is 1. The van der Waals surface area contributed by atoms with Crippen LogP contribution >= 0.6 is 0 Å². The highest BCUT2D eigenvalue weighted by atomic mass is 16.5. The van der Waals surface area contributed by atoms with E-state index in [2.05, 4.69) is 18.2 Å². The van der Waals surface area contributed by atoms with E-state index in [1.165, 1.54) is 0 Å². The van der Waals surface area contributed by atoms with Gasteiger partial charge in [-0.3, -0.25) is 0 Å². The van der Waals surface area contributed by atoms with Gasteiger partial charge in [-0.25, -0.2) is 0 Å². The van der Waals surface area contributed by atoms with Crippen molar-refractivity contribution in [3.63, 3.8) is 0 Å². The number of hydrogen-bond donors (Lipinski definition) is 1. The van der Waals surface area contributed by atoms with E-state index in [4.69, 9.17) is 11.2 Å². The van der Waals surface area contributed by atoms with Gasteiger partial charge in [0, 0.05) is 25.7 Å². The van der Waals surface area contributed by atoms with E-state index in [-0.39, 0.29) is 0 Å². The summed E-state index contributed by atoms with van der Waals surface area (Å²) < 4.78 is 5.34. The van der Waals surface area contributed by atoms with Crippen LogP contribution in [0.5, 0.6) is 0 Å². The topological polar surface area (TPSA) is 21.3 Å². The molecular weight excluding hydrogens is 174 g/mol. The summed E-state index contributed by atoms with van der Waals surface area (Å²) in [5, 5.41) is 3.45. The first-order chi connectivity index (χ1) is 6.85. The van der Waals surface area contributed by atoms with Crippen molar-refractivity contribution >= 4 is 0 Å². The Bertz CT molecular complexity index is 151. The van der Waals surface area contributed by atoms with Crippen LogP contribution in [-0.2, 0) is 4.74 Å². The predicted molar refractivity (Wildman–Crippen MR) is 61.3 cm³/mol. The zero-order valence-corrected chi connectivity index (χ0v) is 9.51. The molecule has 0 heterocycles. The number of nitrogens with one attached hydrogen (secondary N) is 1. The van der Waals surface area contributed by atoms with E-state index in [0.717, 1.165) is 45.4 Å². The summed E-state index contributed by atoms with van der Waals surface area (Å²) in [5.74, 6) is 2.67. The molecule has 0 amide bonds. The third kappa shape index (κ3) is 8.10. The average molecular weight is 197 g/mol. The third-order valence-electron chi connectivity index (χ3n) is 2.18. The number of rotatable bonds is 9. The summed E-state index contributed by atoms with van der Waals surface area (Å²) in [7, 11) is 0. The smallest absolute Gasteiger partial charge is 0.0480 e. The lowest BCUT2D eigenvalue weighted by Crippen LogP contribution is -2.30. The fourth-order valence-corrected chi connectivity index (χ4v) is 1.46. The van der Waals surface area contributed by atoms with Crippen LogP contribution in [0.25, 0.3) is 0 Å². The van der Waals surface area contributed by atoms with E-state index in [1.54, 1.807) is 0 Å². The Morgan fingerprint density at radius 1 is 1.36 bits per heavy atom. The molecule has 0 spiro atoms. The zero-order chi connectivity index (χ0) is 10.6. The molecule has 0 fully saturated rings. The average Bonchev–Trinajstić information content (AvgIpc) is 2.18. The molecular formula is C12H23NO. The summed E-state index contributed by atoms with van der Waals surface area (Å²) >= 11 is 0. The van der Waals surface area contributed by atoms with E-state index in [0.29, 0.717) is 6.04 Å². The lowest BCUT2D eigenvalue weighted by Gasteiger charge is -2.16. The number of ether oxygens (including phenoxy) is 1. The summed E-state index contributed by atoms with van der Waals surface area (Å²) in [6.07, 6.45) is 9.46. The maximum Gasteiger partial charge on any atom is 0.0480 e. The molecule has 0 aromatic carbocycles.